The molecule has 0 radical (unpaired) electrons. The van der Waals surface area contributed by atoms with Gasteiger partial charge in [-0.1, -0.05) is 0 Å². The van der Waals surface area contributed by atoms with E-state index in [1.54, 1.807) is 11.9 Å². The van der Waals surface area contributed by atoms with Crippen molar-refractivity contribution in [3.8, 4) is 0 Å². The van der Waals surface area contributed by atoms with Gasteiger partial charge in [0.2, 0.25) is 0 Å². The number of nitrogens with zero attached hydrogens (tertiary/aromatic N) is 1. The first-order valence-corrected chi connectivity index (χ1v) is 3.93. The van der Waals surface area contributed by atoms with E-state index >= 15 is 0 Å². The smallest absolute Gasteiger partial charge is 0.410 e. The van der Waals surface area contributed by atoms with E-state index in [0.717, 1.165) is 19.5 Å². The maximum absolute atomic E-state index is 11.0. The molecule has 4 nitrogen and oxygen atoms in total. The number of piperidine rings is 1. The van der Waals surface area contributed by atoms with E-state index in [1.165, 1.54) is 0 Å². The lowest BCUT2D eigenvalue weighted by Crippen LogP contribution is -2.47. The highest BCUT2D eigenvalue weighted by atomic mass is 16.6. The standard InChI is InChI=1S/C7H12N2O2/c1-9-5-4-8-3-2-6(5)11-7(9)10/h5-6,8H,2-4H2,1H3. The summed E-state index contributed by atoms with van der Waals surface area (Å²) in [7, 11) is 1.79. The average molecular weight is 156 g/mol. The molecule has 62 valence electrons. The van der Waals surface area contributed by atoms with Crippen LogP contribution in [0, 0.1) is 0 Å². The van der Waals surface area contributed by atoms with Gasteiger partial charge in [0.15, 0.2) is 0 Å². The monoisotopic (exact) mass is 156 g/mol. The molecular weight excluding hydrogens is 144 g/mol. The van der Waals surface area contributed by atoms with Gasteiger partial charge in [-0.25, -0.2) is 4.79 Å². The van der Waals surface area contributed by atoms with Crippen molar-refractivity contribution in [2.75, 3.05) is 20.1 Å². The highest BCUT2D eigenvalue weighted by Gasteiger charge is 2.40. The number of hydrogen-bond acceptors (Lipinski definition) is 3. The van der Waals surface area contributed by atoms with Crippen LogP contribution in [0.3, 0.4) is 0 Å². The van der Waals surface area contributed by atoms with Gasteiger partial charge in [-0.05, 0) is 13.0 Å². The Labute approximate surface area is 65.5 Å². The predicted octanol–water partition coefficient (Wildman–Crippen LogP) is -0.201. The summed E-state index contributed by atoms with van der Waals surface area (Å²) in [6.45, 7) is 1.83. The predicted molar refractivity (Wildman–Crippen MR) is 39.3 cm³/mol. The van der Waals surface area contributed by atoms with Crippen LogP contribution >= 0.6 is 0 Å². The van der Waals surface area contributed by atoms with E-state index in [9.17, 15) is 4.79 Å². The fraction of sp³-hybridized carbons (Fsp3) is 0.857. The quantitative estimate of drug-likeness (QED) is 0.528. The van der Waals surface area contributed by atoms with Crippen LogP contribution in [0.2, 0.25) is 0 Å². The van der Waals surface area contributed by atoms with Crippen LogP contribution in [0.1, 0.15) is 6.42 Å². The number of amides is 1. The molecule has 0 saturated carbocycles. The second-order valence-corrected chi connectivity index (χ2v) is 3.09. The van der Waals surface area contributed by atoms with Crippen molar-refractivity contribution in [2.45, 2.75) is 18.6 Å². The lowest BCUT2D eigenvalue weighted by atomic mass is 10.0. The van der Waals surface area contributed by atoms with Crippen molar-refractivity contribution in [3.05, 3.63) is 0 Å². The minimum atomic E-state index is -0.177. The molecule has 1 amide bonds. The maximum Gasteiger partial charge on any atom is 0.410 e. The summed E-state index contributed by atoms with van der Waals surface area (Å²) in [6.07, 6.45) is 0.901. The summed E-state index contributed by atoms with van der Waals surface area (Å²) in [5.74, 6) is 0. The molecule has 0 aromatic rings. The fourth-order valence-electron chi connectivity index (χ4n) is 1.69. The SMILES string of the molecule is CN1C(=O)OC2CCNCC21. The molecule has 4 heteroatoms. The van der Waals surface area contributed by atoms with Crippen LogP contribution in [0.5, 0.6) is 0 Å². The Balaban J connectivity index is 2.11. The first-order valence-electron chi connectivity index (χ1n) is 3.93. The van der Waals surface area contributed by atoms with Gasteiger partial charge < -0.3 is 15.0 Å². The van der Waals surface area contributed by atoms with E-state index in [2.05, 4.69) is 5.32 Å². The number of nitrogens with one attached hydrogen (secondary N) is 1. The average Bonchev–Trinajstić information content (AvgIpc) is 2.30. The molecule has 0 aliphatic carbocycles. The van der Waals surface area contributed by atoms with Gasteiger partial charge in [0.1, 0.15) is 6.10 Å². The van der Waals surface area contributed by atoms with E-state index in [1.807, 2.05) is 0 Å². The Morgan fingerprint density at radius 2 is 2.55 bits per heavy atom. The van der Waals surface area contributed by atoms with Crippen molar-refractivity contribution in [1.82, 2.24) is 10.2 Å². The van der Waals surface area contributed by atoms with E-state index < -0.39 is 0 Å². The number of ether oxygens (including phenoxy) is 1. The van der Waals surface area contributed by atoms with Crippen LogP contribution in [0.4, 0.5) is 4.79 Å². The van der Waals surface area contributed by atoms with Crippen molar-refractivity contribution in [3.63, 3.8) is 0 Å². The molecule has 0 spiro atoms. The Morgan fingerprint density at radius 3 is 3.27 bits per heavy atom. The molecule has 2 unspecified atom stereocenters. The van der Waals surface area contributed by atoms with Crippen molar-refractivity contribution >= 4 is 6.09 Å². The van der Waals surface area contributed by atoms with Crippen LogP contribution < -0.4 is 5.32 Å². The van der Waals surface area contributed by atoms with Gasteiger partial charge >= 0.3 is 6.09 Å². The minimum Gasteiger partial charge on any atom is -0.444 e. The molecule has 2 aliphatic rings. The van der Waals surface area contributed by atoms with E-state index in [4.69, 9.17) is 4.74 Å². The van der Waals surface area contributed by atoms with Crippen LogP contribution in [-0.2, 0) is 4.74 Å². The summed E-state index contributed by atoms with van der Waals surface area (Å²) in [6, 6.07) is 0.260. The number of rotatable bonds is 0. The lowest BCUT2D eigenvalue weighted by Gasteiger charge is -2.26. The van der Waals surface area contributed by atoms with Crippen molar-refractivity contribution < 1.29 is 9.53 Å². The fourth-order valence-corrected chi connectivity index (χ4v) is 1.69. The summed E-state index contributed by atoms with van der Waals surface area (Å²) in [4.78, 5) is 12.7. The third kappa shape index (κ3) is 0.976. The number of likely N-dealkylation sites (N-methyl/N-ethyl adjacent to an activating group) is 1. The highest BCUT2D eigenvalue weighted by molar-refractivity contribution is 5.70. The Morgan fingerprint density at radius 1 is 1.73 bits per heavy atom. The number of fused-ring (bicyclic) bond motifs is 1. The lowest BCUT2D eigenvalue weighted by molar-refractivity contribution is 0.117. The third-order valence-electron chi connectivity index (χ3n) is 2.43. The molecule has 0 bridgehead atoms. The first-order chi connectivity index (χ1) is 5.29. The number of carbonyl (C=O) groups is 1. The first kappa shape index (κ1) is 6.91. The second kappa shape index (κ2) is 2.37. The molecule has 2 saturated heterocycles. The van der Waals surface area contributed by atoms with Crippen LogP contribution in [0.25, 0.3) is 0 Å². The normalized spacial score (nSPS) is 36.8. The Hall–Kier alpha value is -0.770. The van der Waals surface area contributed by atoms with Gasteiger partial charge in [0.25, 0.3) is 0 Å². The molecule has 2 aliphatic heterocycles. The maximum atomic E-state index is 11.0. The molecule has 2 fully saturated rings. The van der Waals surface area contributed by atoms with Gasteiger partial charge in [-0.15, -0.1) is 0 Å². The minimum absolute atomic E-state index is 0.133. The molecule has 11 heavy (non-hydrogen) atoms. The van der Waals surface area contributed by atoms with Gasteiger partial charge in [-0.2, -0.15) is 0 Å². The molecule has 2 rings (SSSR count). The molecule has 2 atom stereocenters. The largest absolute Gasteiger partial charge is 0.444 e. The summed E-state index contributed by atoms with van der Waals surface area (Å²) < 4.78 is 5.12. The van der Waals surface area contributed by atoms with E-state index in [-0.39, 0.29) is 18.2 Å². The zero-order valence-electron chi connectivity index (χ0n) is 6.54. The highest BCUT2D eigenvalue weighted by Crippen LogP contribution is 2.21. The van der Waals surface area contributed by atoms with Crippen molar-refractivity contribution in [1.29, 1.82) is 0 Å². The van der Waals surface area contributed by atoms with E-state index in [0.29, 0.717) is 0 Å². The Bertz CT molecular complexity index is 183. The van der Waals surface area contributed by atoms with Crippen molar-refractivity contribution in [2.24, 2.45) is 0 Å². The number of carbonyl (C=O) groups excluding carboxylic acids is 1. The molecule has 0 aromatic heterocycles. The molecule has 0 aromatic carbocycles. The third-order valence-corrected chi connectivity index (χ3v) is 2.43. The van der Waals surface area contributed by atoms with Crippen LogP contribution in [0.15, 0.2) is 0 Å². The van der Waals surface area contributed by atoms with Gasteiger partial charge in [-0.3, -0.25) is 0 Å². The summed E-state index contributed by atoms with van der Waals surface area (Å²) in [5, 5.41) is 3.23. The van der Waals surface area contributed by atoms with Crippen LogP contribution in [-0.4, -0.2) is 43.3 Å². The Kier molecular flexibility index (Phi) is 1.49. The molecular formula is C7H12N2O2. The zero-order chi connectivity index (χ0) is 7.84. The molecule has 1 N–H and O–H groups in total. The molecule has 2 heterocycles. The van der Waals surface area contributed by atoms with Gasteiger partial charge in [0, 0.05) is 13.6 Å². The summed E-state index contributed by atoms with van der Waals surface area (Å²) >= 11 is 0. The van der Waals surface area contributed by atoms with Gasteiger partial charge in [0.05, 0.1) is 6.04 Å². The number of hydrogen-bond donors (Lipinski definition) is 1. The summed E-state index contributed by atoms with van der Waals surface area (Å²) in [5.41, 5.74) is 0. The second-order valence-electron chi connectivity index (χ2n) is 3.09. The topological polar surface area (TPSA) is 41.6 Å². The zero-order valence-corrected chi connectivity index (χ0v) is 6.54.